The monoisotopic (exact) mass is 256 g/mol. The van der Waals surface area contributed by atoms with Crippen LogP contribution in [-0.4, -0.2) is 20.6 Å². The molecule has 0 saturated heterocycles. The van der Waals surface area contributed by atoms with Crippen molar-refractivity contribution in [1.82, 2.24) is 9.55 Å². The highest BCUT2D eigenvalue weighted by atomic mass is 16.4. The van der Waals surface area contributed by atoms with Gasteiger partial charge in [-0.05, 0) is 23.3 Å². The van der Waals surface area contributed by atoms with Gasteiger partial charge in [0.1, 0.15) is 0 Å². The molecule has 0 unspecified atom stereocenters. The minimum atomic E-state index is -0.992. The van der Waals surface area contributed by atoms with Gasteiger partial charge >= 0.3 is 5.97 Å². The zero-order valence-electron chi connectivity index (χ0n) is 10.1. The molecule has 19 heavy (non-hydrogen) atoms. The largest absolute Gasteiger partial charge is 0.478 e. The van der Waals surface area contributed by atoms with Gasteiger partial charge in [-0.3, -0.25) is 9.36 Å². The fourth-order valence-corrected chi connectivity index (χ4v) is 1.66. The molecule has 1 aromatic carbocycles. The van der Waals surface area contributed by atoms with Gasteiger partial charge in [-0.1, -0.05) is 18.2 Å². The van der Waals surface area contributed by atoms with Gasteiger partial charge in [0.15, 0.2) is 0 Å². The van der Waals surface area contributed by atoms with E-state index in [0.717, 1.165) is 17.2 Å². The molecule has 0 aliphatic heterocycles. The lowest BCUT2D eigenvalue weighted by molar-refractivity contribution is -0.131. The molecule has 5 nitrogen and oxygen atoms in total. The minimum Gasteiger partial charge on any atom is -0.478 e. The molecule has 0 amide bonds. The van der Waals surface area contributed by atoms with Crippen LogP contribution >= 0.6 is 0 Å². The van der Waals surface area contributed by atoms with E-state index in [-0.39, 0.29) is 5.56 Å². The number of carboxylic acids is 1. The third-order valence-electron chi connectivity index (χ3n) is 2.51. The fourth-order valence-electron chi connectivity index (χ4n) is 1.66. The van der Waals surface area contributed by atoms with Crippen LogP contribution in [0.1, 0.15) is 11.1 Å². The van der Waals surface area contributed by atoms with E-state index in [1.165, 1.54) is 29.2 Å². The molecule has 0 radical (unpaired) electrons. The van der Waals surface area contributed by atoms with Crippen molar-refractivity contribution in [2.24, 2.45) is 0 Å². The van der Waals surface area contributed by atoms with E-state index in [0.29, 0.717) is 6.54 Å². The van der Waals surface area contributed by atoms with Gasteiger partial charge in [-0.25, -0.2) is 9.78 Å². The molecule has 0 aliphatic carbocycles. The number of hydrogen-bond donors (Lipinski definition) is 1. The summed E-state index contributed by atoms with van der Waals surface area (Å²) in [5.41, 5.74) is 1.56. The van der Waals surface area contributed by atoms with Gasteiger partial charge in [-0.15, -0.1) is 0 Å². The first kappa shape index (κ1) is 12.8. The topological polar surface area (TPSA) is 72.2 Å². The first-order valence-electron chi connectivity index (χ1n) is 5.65. The van der Waals surface area contributed by atoms with Gasteiger partial charge in [0, 0.05) is 18.3 Å². The highest BCUT2D eigenvalue weighted by molar-refractivity contribution is 5.85. The number of carboxylic acid groups (broad SMARTS) is 1. The maximum Gasteiger partial charge on any atom is 0.328 e. The van der Waals surface area contributed by atoms with Gasteiger partial charge in [-0.2, -0.15) is 0 Å². The predicted octanol–water partition coefficient (Wildman–Crippen LogP) is 1.39. The highest BCUT2D eigenvalue weighted by Gasteiger charge is 1.98. The molecule has 0 bridgehead atoms. The molecule has 0 fully saturated rings. The third kappa shape index (κ3) is 3.64. The molecular formula is C14H12N2O3. The first-order chi connectivity index (χ1) is 9.15. The van der Waals surface area contributed by atoms with E-state index in [1.807, 2.05) is 18.2 Å². The molecule has 2 rings (SSSR count). The SMILES string of the molecule is O=C(O)/C=C/c1cccc(Cn2cnccc2=O)c1. The summed E-state index contributed by atoms with van der Waals surface area (Å²) in [6.45, 7) is 0.404. The van der Waals surface area contributed by atoms with Crippen molar-refractivity contribution >= 4 is 12.0 Å². The lowest BCUT2D eigenvalue weighted by atomic mass is 10.1. The lowest BCUT2D eigenvalue weighted by Gasteiger charge is -2.05. The van der Waals surface area contributed by atoms with Crippen LogP contribution in [0.3, 0.4) is 0 Å². The number of carbonyl (C=O) groups is 1. The average molecular weight is 256 g/mol. The summed E-state index contributed by atoms with van der Waals surface area (Å²) in [5, 5.41) is 8.58. The van der Waals surface area contributed by atoms with Crippen LogP contribution in [0.25, 0.3) is 6.08 Å². The second-order valence-electron chi connectivity index (χ2n) is 3.96. The van der Waals surface area contributed by atoms with E-state index in [2.05, 4.69) is 4.98 Å². The zero-order chi connectivity index (χ0) is 13.7. The van der Waals surface area contributed by atoms with Gasteiger partial charge in [0.2, 0.25) is 0 Å². The third-order valence-corrected chi connectivity index (χ3v) is 2.51. The molecule has 1 N–H and O–H groups in total. The van der Waals surface area contributed by atoms with Crippen molar-refractivity contribution in [3.8, 4) is 0 Å². The summed E-state index contributed by atoms with van der Waals surface area (Å²) in [6.07, 6.45) is 5.51. The van der Waals surface area contributed by atoms with Gasteiger partial charge < -0.3 is 5.11 Å². The minimum absolute atomic E-state index is 0.124. The van der Waals surface area contributed by atoms with Crippen LogP contribution in [0.2, 0.25) is 0 Å². The maximum atomic E-state index is 11.6. The molecule has 0 atom stereocenters. The number of benzene rings is 1. The second kappa shape index (κ2) is 5.77. The summed E-state index contributed by atoms with van der Waals surface area (Å²) in [4.78, 5) is 25.9. The van der Waals surface area contributed by atoms with Crippen LogP contribution in [0.5, 0.6) is 0 Å². The van der Waals surface area contributed by atoms with Crippen molar-refractivity contribution < 1.29 is 9.90 Å². The normalized spacial score (nSPS) is 10.7. The van der Waals surface area contributed by atoms with E-state index >= 15 is 0 Å². The number of aliphatic carboxylic acids is 1. The average Bonchev–Trinajstić information content (AvgIpc) is 2.40. The molecule has 0 spiro atoms. The quantitative estimate of drug-likeness (QED) is 0.839. The molecule has 0 aliphatic rings. The Labute approximate surface area is 109 Å². The number of nitrogens with zero attached hydrogens (tertiary/aromatic N) is 2. The Bertz CT molecular complexity index is 674. The van der Waals surface area contributed by atoms with Gasteiger partial charge in [0.05, 0.1) is 12.9 Å². The van der Waals surface area contributed by atoms with Crippen LogP contribution in [0, 0.1) is 0 Å². The maximum absolute atomic E-state index is 11.6. The predicted molar refractivity (Wildman–Crippen MR) is 70.7 cm³/mol. The Kier molecular flexibility index (Phi) is 3.87. The number of rotatable bonds is 4. The standard InChI is InChI=1S/C14H12N2O3/c17-13-6-7-15-10-16(13)9-12-3-1-2-11(8-12)4-5-14(18)19/h1-8,10H,9H2,(H,18,19)/b5-4+. The van der Waals surface area contributed by atoms with Crippen LogP contribution in [0.15, 0.2) is 53.7 Å². The van der Waals surface area contributed by atoms with Crippen molar-refractivity contribution in [3.63, 3.8) is 0 Å². The Morgan fingerprint density at radius 1 is 1.37 bits per heavy atom. The molecular weight excluding hydrogens is 244 g/mol. The van der Waals surface area contributed by atoms with Crippen molar-refractivity contribution in [2.75, 3.05) is 0 Å². The van der Waals surface area contributed by atoms with Crippen molar-refractivity contribution in [3.05, 3.63) is 70.4 Å². The second-order valence-corrected chi connectivity index (χ2v) is 3.96. The molecule has 1 aromatic heterocycles. The van der Waals surface area contributed by atoms with Crippen LogP contribution in [-0.2, 0) is 11.3 Å². The Morgan fingerprint density at radius 2 is 2.21 bits per heavy atom. The van der Waals surface area contributed by atoms with E-state index < -0.39 is 5.97 Å². The first-order valence-corrected chi connectivity index (χ1v) is 5.65. The summed E-state index contributed by atoms with van der Waals surface area (Å²) in [5.74, 6) is -0.992. The molecule has 1 heterocycles. The van der Waals surface area contributed by atoms with Crippen molar-refractivity contribution in [1.29, 1.82) is 0 Å². The number of aromatic nitrogens is 2. The summed E-state index contributed by atoms with van der Waals surface area (Å²) in [7, 11) is 0. The Hall–Kier alpha value is -2.69. The fraction of sp³-hybridized carbons (Fsp3) is 0.0714. The zero-order valence-corrected chi connectivity index (χ0v) is 10.1. The molecule has 0 saturated carbocycles. The van der Waals surface area contributed by atoms with Crippen LogP contribution in [0.4, 0.5) is 0 Å². The lowest BCUT2D eigenvalue weighted by Crippen LogP contribution is -2.19. The van der Waals surface area contributed by atoms with Crippen molar-refractivity contribution in [2.45, 2.75) is 6.54 Å². The number of hydrogen-bond acceptors (Lipinski definition) is 3. The summed E-state index contributed by atoms with van der Waals surface area (Å²) in [6, 6.07) is 8.72. The Balaban J connectivity index is 2.22. The summed E-state index contributed by atoms with van der Waals surface area (Å²) >= 11 is 0. The van der Waals surface area contributed by atoms with E-state index in [1.54, 1.807) is 6.07 Å². The smallest absolute Gasteiger partial charge is 0.328 e. The Morgan fingerprint density at radius 3 is 2.95 bits per heavy atom. The van der Waals surface area contributed by atoms with E-state index in [4.69, 9.17) is 5.11 Å². The van der Waals surface area contributed by atoms with Gasteiger partial charge in [0.25, 0.3) is 5.56 Å². The highest BCUT2D eigenvalue weighted by Crippen LogP contribution is 2.08. The van der Waals surface area contributed by atoms with Crippen LogP contribution < -0.4 is 5.56 Å². The molecule has 5 heteroatoms. The molecule has 96 valence electrons. The van der Waals surface area contributed by atoms with E-state index in [9.17, 15) is 9.59 Å². The molecule has 2 aromatic rings. The summed E-state index contributed by atoms with van der Waals surface area (Å²) < 4.78 is 1.49.